The molecule has 0 radical (unpaired) electrons. The average molecular weight is 315 g/mol. The van der Waals surface area contributed by atoms with Gasteiger partial charge in [-0.3, -0.25) is 10.1 Å². The fraction of sp³-hybridized carbons (Fsp3) is 0.312. The minimum Gasteiger partial charge on any atom is -0.318 e. The highest BCUT2D eigenvalue weighted by Gasteiger charge is 2.30. The minimum absolute atomic E-state index is 0.00376. The summed E-state index contributed by atoms with van der Waals surface area (Å²) < 4.78 is 1.91. The van der Waals surface area contributed by atoms with Gasteiger partial charge in [0.25, 0.3) is 0 Å². The van der Waals surface area contributed by atoms with E-state index in [1.54, 1.807) is 12.5 Å². The van der Waals surface area contributed by atoms with Crippen LogP contribution < -0.4 is 5.32 Å². The molecule has 0 fully saturated rings. The number of nitrogens with one attached hydrogen (secondary N) is 1. The van der Waals surface area contributed by atoms with E-state index in [0.29, 0.717) is 24.8 Å². The third-order valence-electron chi connectivity index (χ3n) is 3.96. The van der Waals surface area contributed by atoms with E-state index >= 15 is 0 Å². The fourth-order valence-electron chi connectivity index (χ4n) is 2.85. The highest BCUT2D eigenvalue weighted by atomic mass is 35.5. The number of carbonyl (C=O) groups is 1. The summed E-state index contributed by atoms with van der Waals surface area (Å²) in [6, 6.07) is 2.12. The van der Waals surface area contributed by atoms with Crippen molar-refractivity contribution in [2.75, 3.05) is 0 Å². The molecule has 1 N–H and O–H groups in total. The second-order valence-electron chi connectivity index (χ2n) is 5.31. The Morgan fingerprint density at radius 2 is 2.45 bits per heavy atom. The smallest absolute Gasteiger partial charge is 0.150 e. The van der Waals surface area contributed by atoms with Crippen LogP contribution >= 0.6 is 11.6 Å². The Kier molecular flexibility index (Phi) is 4.23. The van der Waals surface area contributed by atoms with Gasteiger partial charge >= 0.3 is 0 Å². The van der Waals surface area contributed by atoms with E-state index in [-0.39, 0.29) is 12.2 Å². The standard InChI is InChI=1S/C16H15ClN4O/c17-14-8-15-13(6-11(14)2-1-3-18)12(9-22)7-16(20-15)21-5-4-19-10-21/h4-7,9-10,15-16,20H,1-2,8H2. The fourth-order valence-corrected chi connectivity index (χ4v) is 3.16. The Morgan fingerprint density at radius 3 is 3.14 bits per heavy atom. The first-order valence-electron chi connectivity index (χ1n) is 7.10. The summed E-state index contributed by atoms with van der Waals surface area (Å²) in [6.45, 7) is 0. The van der Waals surface area contributed by atoms with Gasteiger partial charge in [0, 0.05) is 41.9 Å². The van der Waals surface area contributed by atoms with Crippen molar-refractivity contribution in [1.82, 2.24) is 14.9 Å². The Hall–Kier alpha value is -2.16. The number of carbonyl (C=O) groups excluding carboxylic acids is 1. The summed E-state index contributed by atoms with van der Waals surface area (Å²) in [4.78, 5) is 15.5. The Bertz CT molecular complexity index is 709. The summed E-state index contributed by atoms with van der Waals surface area (Å²) in [6.07, 6.45) is 11.5. The second-order valence-corrected chi connectivity index (χ2v) is 5.76. The van der Waals surface area contributed by atoms with Gasteiger partial charge in [0.2, 0.25) is 0 Å². The molecule has 22 heavy (non-hydrogen) atoms. The van der Waals surface area contributed by atoms with Crippen LogP contribution in [0, 0.1) is 11.3 Å². The number of fused-ring (bicyclic) bond motifs is 1. The van der Waals surface area contributed by atoms with Gasteiger partial charge in [-0.1, -0.05) is 17.7 Å². The SMILES string of the molecule is N#CCCC1=C(Cl)CC2NC(n3ccnc3)C=C(C=O)C2=C1. The lowest BCUT2D eigenvalue weighted by Crippen LogP contribution is -2.41. The lowest BCUT2D eigenvalue weighted by molar-refractivity contribution is -0.104. The maximum absolute atomic E-state index is 11.5. The van der Waals surface area contributed by atoms with E-state index in [0.717, 1.165) is 22.5 Å². The number of imidazole rings is 1. The zero-order valence-corrected chi connectivity index (χ0v) is 12.6. The van der Waals surface area contributed by atoms with Crippen LogP contribution in [0.2, 0.25) is 0 Å². The predicted octanol–water partition coefficient (Wildman–Crippen LogP) is 2.61. The summed E-state index contributed by atoms with van der Waals surface area (Å²) in [5.74, 6) is 0. The van der Waals surface area contributed by atoms with Crippen LogP contribution in [-0.2, 0) is 4.79 Å². The molecule has 1 aliphatic heterocycles. The first-order chi connectivity index (χ1) is 10.7. The molecular formula is C16H15ClN4O. The van der Waals surface area contributed by atoms with E-state index in [2.05, 4.69) is 16.4 Å². The number of nitriles is 1. The maximum Gasteiger partial charge on any atom is 0.150 e. The van der Waals surface area contributed by atoms with Crippen molar-refractivity contribution in [3.05, 3.63) is 52.6 Å². The molecule has 2 atom stereocenters. The monoisotopic (exact) mass is 314 g/mol. The van der Waals surface area contributed by atoms with Crippen LogP contribution in [0.3, 0.4) is 0 Å². The first-order valence-corrected chi connectivity index (χ1v) is 7.47. The van der Waals surface area contributed by atoms with Crippen LogP contribution in [0.25, 0.3) is 0 Å². The molecule has 3 rings (SSSR count). The van der Waals surface area contributed by atoms with Crippen molar-refractivity contribution < 1.29 is 4.79 Å². The van der Waals surface area contributed by atoms with Gasteiger partial charge in [0.1, 0.15) is 12.5 Å². The number of aromatic nitrogens is 2. The van der Waals surface area contributed by atoms with Crippen molar-refractivity contribution >= 4 is 17.9 Å². The second kappa shape index (κ2) is 6.30. The molecule has 2 aliphatic rings. The zero-order valence-electron chi connectivity index (χ0n) is 11.9. The van der Waals surface area contributed by atoms with Crippen LogP contribution in [0.1, 0.15) is 25.4 Å². The van der Waals surface area contributed by atoms with Gasteiger partial charge in [0.05, 0.1) is 12.4 Å². The van der Waals surface area contributed by atoms with Gasteiger partial charge in [0.15, 0.2) is 0 Å². The largest absolute Gasteiger partial charge is 0.318 e. The molecule has 2 heterocycles. The number of aldehydes is 1. The van der Waals surface area contributed by atoms with Crippen molar-refractivity contribution in [2.45, 2.75) is 31.5 Å². The molecule has 0 bridgehead atoms. The van der Waals surface area contributed by atoms with Crippen LogP contribution in [-0.4, -0.2) is 21.9 Å². The molecule has 0 saturated carbocycles. The molecule has 5 nitrogen and oxygen atoms in total. The third-order valence-corrected chi connectivity index (χ3v) is 4.36. The molecule has 0 spiro atoms. The highest BCUT2D eigenvalue weighted by Crippen LogP contribution is 2.36. The molecular weight excluding hydrogens is 300 g/mol. The third kappa shape index (κ3) is 2.76. The van der Waals surface area contributed by atoms with Crippen LogP contribution in [0.5, 0.6) is 0 Å². The van der Waals surface area contributed by atoms with E-state index < -0.39 is 0 Å². The predicted molar refractivity (Wildman–Crippen MR) is 82.8 cm³/mol. The quantitative estimate of drug-likeness (QED) is 0.867. The molecule has 2 unspecified atom stereocenters. The van der Waals surface area contributed by atoms with Crippen LogP contribution in [0.15, 0.2) is 52.6 Å². The van der Waals surface area contributed by atoms with E-state index in [9.17, 15) is 4.79 Å². The lowest BCUT2D eigenvalue weighted by atomic mass is 9.85. The van der Waals surface area contributed by atoms with Crippen molar-refractivity contribution in [2.24, 2.45) is 0 Å². The van der Waals surface area contributed by atoms with E-state index in [1.807, 2.05) is 22.9 Å². The normalized spacial score (nSPS) is 24.2. The van der Waals surface area contributed by atoms with Crippen molar-refractivity contribution in [1.29, 1.82) is 5.26 Å². The minimum atomic E-state index is -0.116. The summed E-state index contributed by atoms with van der Waals surface area (Å²) in [5, 5.41) is 13.0. The molecule has 0 saturated heterocycles. The van der Waals surface area contributed by atoms with Crippen molar-refractivity contribution in [3.63, 3.8) is 0 Å². The number of halogens is 1. The van der Waals surface area contributed by atoms with Gasteiger partial charge in [-0.05, 0) is 23.6 Å². The van der Waals surface area contributed by atoms with Gasteiger partial charge in [-0.15, -0.1) is 0 Å². The van der Waals surface area contributed by atoms with Gasteiger partial charge in [-0.2, -0.15) is 5.26 Å². The summed E-state index contributed by atoms with van der Waals surface area (Å²) >= 11 is 6.36. The molecule has 1 aliphatic carbocycles. The average Bonchev–Trinajstić information content (AvgIpc) is 3.06. The number of hydrogen-bond donors (Lipinski definition) is 1. The lowest BCUT2D eigenvalue weighted by Gasteiger charge is -2.34. The van der Waals surface area contributed by atoms with Crippen LogP contribution in [0.4, 0.5) is 0 Å². The molecule has 1 aromatic rings. The van der Waals surface area contributed by atoms with E-state index in [1.165, 1.54) is 0 Å². The molecule has 0 aromatic carbocycles. The zero-order chi connectivity index (χ0) is 15.5. The highest BCUT2D eigenvalue weighted by molar-refractivity contribution is 6.30. The number of nitrogens with zero attached hydrogens (tertiary/aromatic N) is 3. The topological polar surface area (TPSA) is 70.7 Å². The number of rotatable bonds is 4. The number of allylic oxidation sites excluding steroid dienone is 2. The van der Waals surface area contributed by atoms with Gasteiger partial charge < -0.3 is 4.57 Å². The Labute approximate surface area is 133 Å². The summed E-state index contributed by atoms with van der Waals surface area (Å²) in [5.41, 5.74) is 2.56. The molecule has 1 aromatic heterocycles. The number of hydrogen-bond acceptors (Lipinski definition) is 4. The molecule has 112 valence electrons. The first kappa shape index (κ1) is 14.8. The molecule has 6 heteroatoms. The summed E-state index contributed by atoms with van der Waals surface area (Å²) in [7, 11) is 0. The van der Waals surface area contributed by atoms with E-state index in [4.69, 9.17) is 16.9 Å². The Balaban J connectivity index is 1.93. The Morgan fingerprint density at radius 1 is 1.59 bits per heavy atom. The van der Waals surface area contributed by atoms with Gasteiger partial charge in [-0.25, -0.2) is 4.98 Å². The molecule has 0 amide bonds. The van der Waals surface area contributed by atoms with Crippen molar-refractivity contribution in [3.8, 4) is 6.07 Å². The maximum atomic E-state index is 11.5.